The van der Waals surface area contributed by atoms with Gasteiger partial charge < -0.3 is 11.1 Å². The number of rotatable bonds is 7. The van der Waals surface area contributed by atoms with Gasteiger partial charge >= 0.3 is 0 Å². The molecule has 1 rings (SSSR count). The summed E-state index contributed by atoms with van der Waals surface area (Å²) in [5.41, 5.74) is 6.26. The first-order valence-corrected chi connectivity index (χ1v) is 7.60. The Hall–Kier alpha value is -0.910. The van der Waals surface area contributed by atoms with E-state index in [1.807, 2.05) is 20.0 Å². The number of carbonyl (C=O) groups is 1. The third-order valence-corrected chi connectivity index (χ3v) is 4.39. The Morgan fingerprint density at radius 2 is 2.26 bits per heavy atom. The summed E-state index contributed by atoms with van der Waals surface area (Å²) in [6, 6.07) is 4.43. The van der Waals surface area contributed by atoms with Gasteiger partial charge in [-0.05, 0) is 24.9 Å². The van der Waals surface area contributed by atoms with E-state index in [2.05, 4.69) is 28.6 Å². The number of amides is 1. The van der Waals surface area contributed by atoms with Crippen LogP contribution in [-0.4, -0.2) is 37.5 Å². The van der Waals surface area contributed by atoms with Gasteiger partial charge in [-0.2, -0.15) is 0 Å². The highest BCUT2D eigenvalue weighted by Crippen LogP contribution is 2.28. The van der Waals surface area contributed by atoms with Gasteiger partial charge in [-0.15, -0.1) is 11.3 Å². The van der Waals surface area contributed by atoms with Crippen LogP contribution in [0.3, 0.4) is 0 Å². The molecule has 1 aromatic rings. The van der Waals surface area contributed by atoms with Crippen LogP contribution < -0.4 is 11.1 Å². The van der Waals surface area contributed by atoms with E-state index in [0.717, 1.165) is 6.42 Å². The fraction of sp³-hybridized carbons (Fsp3) is 0.643. The minimum Gasteiger partial charge on any atom is -0.359 e. The number of thiophene rings is 1. The lowest BCUT2D eigenvalue weighted by Gasteiger charge is -2.33. The van der Waals surface area contributed by atoms with Crippen LogP contribution in [0.15, 0.2) is 17.5 Å². The second-order valence-corrected chi connectivity index (χ2v) is 5.97. The van der Waals surface area contributed by atoms with Crippen molar-refractivity contribution in [1.82, 2.24) is 10.2 Å². The highest BCUT2D eigenvalue weighted by atomic mass is 32.1. The normalized spacial score (nSPS) is 16.1. The summed E-state index contributed by atoms with van der Waals surface area (Å²) in [5, 5.41) is 4.76. The van der Waals surface area contributed by atoms with Crippen molar-refractivity contribution in [2.45, 2.75) is 32.4 Å². The zero-order valence-corrected chi connectivity index (χ0v) is 13.0. The average Bonchev–Trinajstić information content (AvgIpc) is 2.91. The molecule has 3 atom stereocenters. The maximum atomic E-state index is 11.6. The summed E-state index contributed by atoms with van der Waals surface area (Å²) in [4.78, 5) is 15.1. The van der Waals surface area contributed by atoms with E-state index in [0.29, 0.717) is 6.54 Å². The standard InChI is InChI=1S/C14H25N3OS/c1-5-11(15)13(12-7-6-8-19-12)17(4)9-10(2)14(18)16-3/h6-8,10-11,13H,5,9,15H2,1-4H3,(H,16,18). The molecular weight excluding hydrogens is 258 g/mol. The number of hydrogen-bond acceptors (Lipinski definition) is 4. The third-order valence-electron chi connectivity index (χ3n) is 3.44. The molecule has 0 aliphatic carbocycles. The van der Waals surface area contributed by atoms with Crippen molar-refractivity contribution < 1.29 is 4.79 Å². The molecule has 1 amide bonds. The van der Waals surface area contributed by atoms with Gasteiger partial charge in [0.25, 0.3) is 0 Å². The molecule has 108 valence electrons. The van der Waals surface area contributed by atoms with Crippen molar-refractivity contribution >= 4 is 17.2 Å². The first-order valence-electron chi connectivity index (χ1n) is 6.72. The van der Waals surface area contributed by atoms with E-state index in [1.54, 1.807) is 18.4 Å². The van der Waals surface area contributed by atoms with Crippen molar-refractivity contribution in [2.24, 2.45) is 11.7 Å². The predicted molar refractivity (Wildman–Crippen MR) is 81.2 cm³/mol. The minimum atomic E-state index is -0.0403. The molecule has 1 aromatic heterocycles. The smallest absolute Gasteiger partial charge is 0.223 e. The van der Waals surface area contributed by atoms with E-state index in [9.17, 15) is 4.79 Å². The van der Waals surface area contributed by atoms with Crippen molar-refractivity contribution in [2.75, 3.05) is 20.6 Å². The molecule has 3 unspecified atom stereocenters. The van der Waals surface area contributed by atoms with Crippen molar-refractivity contribution in [3.8, 4) is 0 Å². The highest BCUT2D eigenvalue weighted by molar-refractivity contribution is 7.10. The van der Waals surface area contributed by atoms with E-state index in [-0.39, 0.29) is 23.9 Å². The van der Waals surface area contributed by atoms with Crippen LogP contribution in [0, 0.1) is 5.92 Å². The highest BCUT2D eigenvalue weighted by Gasteiger charge is 2.26. The van der Waals surface area contributed by atoms with Crippen LogP contribution in [0.25, 0.3) is 0 Å². The lowest BCUT2D eigenvalue weighted by atomic mass is 10.0. The Morgan fingerprint density at radius 1 is 1.58 bits per heavy atom. The van der Waals surface area contributed by atoms with Crippen molar-refractivity contribution in [3.05, 3.63) is 22.4 Å². The molecule has 0 saturated heterocycles. The topological polar surface area (TPSA) is 58.4 Å². The summed E-state index contributed by atoms with van der Waals surface area (Å²) < 4.78 is 0. The monoisotopic (exact) mass is 283 g/mol. The van der Waals surface area contributed by atoms with Crippen LogP contribution in [-0.2, 0) is 4.79 Å². The third kappa shape index (κ3) is 4.30. The molecule has 0 aromatic carbocycles. The SMILES string of the molecule is CCC(N)C(c1cccs1)N(C)CC(C)C(=O)NC. The Labute approximate surface area is 120 Å². The van der Waals surface area contributed by atoms with Gasteiger partial charge in [-0.3, -0.25) is 9.69 Å². The van der Waals surface area contributed by atoms with E-state index in [1.165, 1.54) is 4.88 Å². The Kier molecular flexibility index (Phi) is 6.48. The van der Waals surface area contributed by atoms with Crippen LogP contribution in [0.4, 0.5) is 0 Å². The average molecular weight is 283 g/mol. The number of carbonyl (C=O) groups excluding carboxylic acids is 1. The van der Waals surface area contributed by atoms with Gasteiger partial charge in [0, 0.05) is 30.4 Å². The molecular formula is C14H25N3OS. The summed E-state index contributed by atoms with van der Waals surface area (Å²) in [7, 11) is 3.71. The van der Waals surface area contributed by atoms with Gasteiger partial charge in [0.2, 0.25) is 5.91 Å². The molecule has 0 fully saturated rings. The number of nitrogens with one attached hydrogen (secondary N) is 1. The molecule has 0 spiro atoms. The zero-order valence-electron chi connectivity index (χ0n) is 12.2. The van der Waals surface area contributed by atoms with Gasteiger partial charge in [-0.1, -0.05) is 19.9 Å². The molecule has 1 heterocycles. The first kappa shape index (κ1) is 16.1. The lowest BCUT2D eigenvalue weighted by Crippen LogP contribution is -2.42. The summed E-state index contributed by atoms with van der Waals surface area (Å²) in [6.45, 7) is 4.75. The number of hydrogen-bond donors (Lipinski definition) is 2. The Morgan fingerprint density at radius 3 is 2.74 bits per heavy atom. The Bertz CT molecular complexity index is 380. The maximum Gasteiger partial charge on any atom is 0.223 e. The first-order chi connectivity index (χ1) is 9.01. The molecule has 3 N–H and O–H groups in total. The lowest BCUT2D eigenvalue weighted by molar-refractivity contribution is -0.124. The molecule has 0 bridgehead atoms. The molecule has 4 nitrogen and oxygen atoms in total. The van der Waals surface area contributed by atoms with Crippen LogP contribution in [0.1, 0.15) is 31.2 Å². The van der Waals surface area contributed by atoms with E-state index >= 15 is 0 Å². The maximum absolute atomic E-state index is 11.6. The summed E-state index contributed by atoms with van der Waals surface area (Å²) >= 11 is 1.72. The second kappa shape index (κ2) is 7.62. The minimum absolute atomic E-state index is 0.0403. The molecule has 0 aliphatic heterocycles. The number of likely N-dealkylation sites (N-methyl/N-ethyl adjacent to an activating group) is 1. The molecule has 0 saturated carbocycles. The summed E-state index contributed by atoms with van der Waals surface area (Å²) in [6.07, 6.45) is 0.918. The van der Waals surface area contributed by atoms with Crippen LogP contribution >= 0.6 is 11.3 Å². The van der Waals surface area contributed by atoms with Gasteiger partial charge in [0.15, 0.2) is 0 Å². The van der Waals surface area contributed by atoms with Crippen molar-refractivity contribution in [1.29, 1.82) is 0 Å². The molecule has 19 heavy (non-hydrogen) atoms. The van der Waals surface area contributed by atoms with Gasteiger partial charge in [0.05, 0.1) is 6.04 Å². The quantitative estimate of drug-likeness (QED) is 0.803. The Balaban J connectivity index is 2.78. The van der Waals surface area contributed by atoms with E-state index < -0.39 is 0 Å². The number of nitrogens with two attached hydrogens (primary N) is 1. The van der Waals surface area contributed by atoms with Gasteiger partial charge in [-0.25, -0.2) is 0 Å². The second-order valence-electron chi connectivity index (χ2n) is 4.99. The molecule has 5 heteroatoms. The largest absolute Gasteiger partial charge is 0.359 e. The molecule has 0 radical (unpaired) electrons. The molecule has 0 aliphatic rings. The van der Waals surface area contributed by atoms with Gasteiger partial charge in [0.1, 0.15) is 0 Å². The predicted octanol–water partition coefficient (Wildman–Crippen LogP) is 1.84. The van der Waals surface area contributed by atoms with Crippen LogP contribution in [0.2, 0.25) is 0 Å². The van der Waals surface area contributed by atoms with E-state index in [4.69, 9.17) is 5.73 Å². The zero-order chi connectivity index (χ0) is 14.4. The van der Waals surface area contributed by atoms with Crippen LogP contribution in [0.5, 0.6) is 0 Å². The fourth-order valence-electron chi connectivity index (χ4n) is 2.31. The number of nitrogens with zero attached hydrogens (tertiary/aromatic N) is 1. The van der Waals surface area contributed by atoms with Crippen molar-refractivity contribution in [3.63, 3.8) is 0 Å². The summed E-state index contributed by atoms with van der Waals surface area (Å²) in [5.74, 6) is 0.0309. The fourth-order valence-corrected chi connectivity index (χ4v) is 3.28.